The van der Waals surface area contributed by atoms with Gasteiger partial charge in [-0.3, -0.25) is 0 Å². The molecular formula is C13H12ClN3OS. The van der Waals surface area contributed by atoms with Gasteiger partial charge in [0.2, 0.25) is 0 Å². The molecule has 0 spiro atoms. The van der Waals surface area contributed by atoms with Crippen LogP contribution in [0.5, 0.6) is 0 Å². The van der Waals surface area contributed by atoms with E-state index in [1.54, 1.807) is 18.3 Å². The number of thioether (sulfide) groups is 1. The van der Waals surface area contributed by atoms with Crippen LogP contribution >= 0.6 is 23.4 Å². The van der Waals surface area contributed by atoms with Crippen molar-refractivity contribution >= 4 is 29.2 Å². The third-order valence-corrected chi connectivity index (χ3v) is 3.96. The van der Waals surface area contributed by atoms with E-state index in [1.165, 1.54) is 11.8 Å². The fourth-order valence-corrected chi connectivity index (χ4v) is 2.74. The summed E-state index contributed by atoms with van der Waals surface area (Å²) in [4.78, 5) is 4.21. The van der Waals surface area contributed by atoms with Gasteiger partial charge < -0.3 is 10.9 Å². The van der Waals surface area contributed by atoms with Gasteiger partial charge in [0.05, 0.1) is 5.02 Å². The highest BCUT2D eigenvalue weighted by molar-refractivity contribution is 7.98. The maximum absolute atomic E-state index is 8.76. The van der Waals surface area contributed by atoms with Crippen LogP contribution in [0.3, 0.4) is 0 Å². The number of aromatic nitrogens is 1. The molecular weight excluding hydrogens is 282 g/mol. The SMILES string of the molecule is NC(=NO)c1ccccc1CSc1ncccc1Cl. The van der Waals surface area contributed by atoms with E-state index in [4.69, 9.17) is 22.5 Å². The lowest BCUT2D eigenvalue weighted by Gasteiger charge is -2.08. The second kappa shape index (κ2) is 6.45. The van der Waals surface area contributed by atoms with Gasteiger partial charge in [-0.1, -0.05) is 41.0 Å². The van der Waals surface area contributed by atoms with Crippen LogP contribution in [0.1, 0.15) is 11.1 Å². The minimum Gasteiger partial charge on any atom is -0.409 e. The quantitative estimate of drug-likeness (QED) is 0.299. The first-order chi connectivity index (χ1) is 9.22. The Hall–Kier alpha value is -1.72. The predicted molar refractivity (Wildman–Crippen MR) is 77.8 cm³/mol. The number of nitrogens with two attached hydrogens (primary N) is 1. The van der Waals surface area contributed by atoms with Crippen LogP contribution in [-0.4, -0.2) is 16.0 Å². The fraction of sp³-hybridized carbons (Fsp3) is 0.0769. The van der Waals surface area contributed by atoms with Crippen LogP contribution in [-0.2, 0) is 5.75 Å². The first-order valence-corrected chi connectivity index (χ1v) is 6.88. The number of hydrogen-bond donors (Lipinski definition) is 2. The fourth-order valence-electron chi connectivity index (χ4n) is 1.57. The van der Waals surface area contributed by atoms with Gasteiger partial charge in [0.25, 0.3) is 0 Å². The number of rotatable bonds is 4. The highest BCUT2D eigenvalue weighted by atomic mass is 35.5. The van der Waals surface area contributed by atoms with Crippen molar-refractivity contribution in [2.45, 2.75) is 10.8 Å². The molecule has 0 atom stereocenters. The first kappa shape index (κ1) is 13.7. The van der Waals surface area contributed by atoms with Crippen LogP contribution in [0.2, 0.25) is 5.02 Å². The molecule has 0 fully saturated rings. The zero-order chi connectivity index (χ0) is 13.7. The molecule has 0 bridgehead atoms. The Morgan fingerprint density at radius 3 is 2.84 bits per heavy atom. The minimum atomic E-state index is 0.100. The average Bonchev–Trinajstić information content (AvgIpc) is 2.46. The van der Waals surface area contributed by atoms with Crippen LogP contribution in [0, 0.1) is 0 Å². The Morgan fingerprint density at radius 2 is 2.11 bits per heavy atom. The van der Waals surface area contributed by atoms with Gasteiger partial charge in [0, 0.05) is 17.5 Å². The van der Waals surface area contributed by atoms with Crippen molar-refractivity contribution in [1.29, 1.82) is 0 Å². The Labute approximate surface area is 120 Å². The van der Waals surface area contributed by atoms with Crippen LogP contribution in [0.25, 0.3) is 0 Å². The normalized spacial score (nSPS) is 11.5. The molecule has 0 unspecified atom stereocenters. The standard InChI is InChI=1S/C13H12ClN3OS/c14-11-6-3-7-16-13(11)19-8-9-4-1-2-5-10(9)12(15)17-18/h1-7,18H,8H2,(H2,15,17). The Balaban J connectivity index is 2.19. The summed E-state index contributed by atoms with van der Waals surface area (Å²) in [6.45, 7) is 0. The highest BCUT2D eigenvalue weighted by Crippen LogP contribution is 2.28. The smallest absolute Gasteiger partial charge is 0.170 e. The number of oxime groups is 1. The second-order valence-electron chi connectivity index (χ2n) is 3.72. The molecule has 98 valence electrons. The molecule has 0 aliphatic carbocycles. The average molecular weight is 294 g/mol. The first-order valence-electron chi connectivity index (χ1n) is 5.51. The van der Waals surface area contributed by atoms with E-state index in [9.17, 15) is 0 Å². The lowest BCUT2D eigenvalue weighted by atomic mass is 10.1. The lowest BCUT2D eigenvalue weighted by molar-refractivity contribution is 0.318. The molecule has 0 aliphatic rings. The van der Waals surface area contributed by atoms with E-state index in [1.807, 2.05) is 24.3 Å². The Morgan fingerprint density at radius 1 is 1.32 bits per heavy atom. The topological polar surface area (TPSA) is 71.5 Å². The van der Waals surface area contributed by atoms with Crippen molar-refractivity contribution in [2.24, 2.45) is 10.9 Å². The Kier molecular flexibility index (Phi) is 4.65. The lowest BCUT2D eigenvalue weighted by Crippen LogP contribution is -2.15. The molecule has 19 heavy (non-hydrogen) atoms. The number of halogens is 1. The van der Waals surface area contributed by atoms with Crippen molar-refractivity contribution in [3.05, 3.63) is 58.7 Å². The molecule has 6 heteroatoms. The maximum atomic E-state index is 8.76. The third kappa shape index (κ3) is 3.39. The van der Waals surface area contributed by atoms with E-state index in [-0.39, 0.29) is 5.84 Å². The van der Waals surface area contributed by atoms with Gasteiger partial charge in [-0.05, 0) is 17.7 Å². The largest absolute Gasteiger partial charge is 0.409 e. The zero-order valence-electron chi connectivity index (χ0n) is 9.95. The van der Waals surface area contributed by atoms with Crippen molar-refractivity contribution in [3.63, 3.8) is 0 Å². The van der Waals surface area contributed by atoms with E-state index in [0.29, 0.717) is 16.3 Å². The van der Waals surface area contributed by atoms with E-state index >= 15 is 0 Å². The molecule has 0 aliphatic heterocycles. The van der Waals surface area contributed by atoms with E-state index in [2.05, 4.69) is 10.1 Å². The molecule has 1 aromatic carbocycles. The van der Waals surface area contributed by atoms with Gasteiger partial charge in [-0.15, -0.1) is 11.8 Å². The summed E-state index contributed by atoms with van der Waals surface area (Å²) in [5.41, 5.74) is 7.32. The maximum Gasteiger partial charge on any atom is 0.170 e. The minimum absolute atomic E-state index is 0.100. The third-order valence-electron chi connectivity index (χ3n) is 2.49. The van der Waals surface area contributed by atoms with Gasteiger partial charge in [0.1, 0.15) is 5.03 Å². The van der Waals surface area contributed by atoms with E-state index in [0.717, 1.165) is 10.6 Å². The molecule has 0 saturated carbocycles. The van der Waals surface area contributed by atoms with Crippen LogP contribution < -0.4 is 5.73 Å². The molecule has 4 nitrogen and oxygen atoms in total. The van der Waals surface area contributed by atoms with Crippen LogP contribution in [0.4, 0.5) is 0 Å². The molecule has 1 heterocycles. The number of hydrogen-bond acceptors (Lipinski definition) is 4. The molecule has 0 amide bonds. The zero-order valence-corrected chi connectivity index (χ0v) is 11.5. The summed E-state index contributed by atoms with van der Waals surface area (Å²) >= 11 is 7.56. The van der Waals surface area contributed by atoms with Crippen LogP contribution in [0.15, 0.2) is 52.8 Å². The Bertz CT molecular complexity index is 604. The molecule has 0 saturated heterocycles. The predicted octanol–water partition coefficient (Wildman–Crippen LogP) is 3.12. The summed E-state index contributed by atoms with van der Waals surface area (Å²) in [6, 6.07) is 11.1. The number of pyridine rings is 1. The van der Waals surface area contributed by atoms with Gasteiger partial charge >= 0.3 is 0 Å². The number of benzene rings is 1. The summed E-state index contributed by atoms with van der Waals surface area (Å²) in [5.74, 6) is 0.742. The summed E-state index contributed by atoms with van der Waals surface area (Å²) in [5, 5.41) is 13.2. The molecule has 3 N–H and O–H groups in total. The summed E-state index contributed by atoms with van der Waals surface area (Å²) in [6.07, 6.45) is 1.70. The van der Waals surface area contributed by atoms with Gasteiger partial charge in [-0.25, -0.2) is 4.98 Å². The number of amidine groups is 1. The summed E-state index contributed by atoms with van der Waals surface area (Å²) < 4.78 is 0. The van der Waals surface area contributed by atoms with E-state index < -0.39 is 0 Å². The van der Waals surface area contributed by atoms with Crippen molar-refractivity contribution in [2.75, 3.05) is 0 Å². The van der Waals surface area contributed by atoms with Crippen molar-refractivity contribution < 1.29 is 5.21 Å². The second-order valence-corrected chi connectivity index (χ2v) is 5.09. The molecule has 2 aromatic rings. The van der Waals surface area contributed by atoms with Crippen molar-refractivity contribution in [1.82, 2.24) is 4.98 Å². The monoisotopic (exact) mass is 293 g/mol. The van der Waals surface area contributed by atoms with Gasteiger partial charge in [-0.2, -0.15) is 0 Å². The molecule has 2 rings (SSSR count). The molecule has 1 aromatic heterocycles. The molecule has 0 radical (unpaired) electrons. The highest BCUT2D eigenvalue weighted by Gasteiger charge is 2.08. The summed E-state index contributed by atoms with van der Waals surface area (Å²) in [7, 11) is 0. The van der Waals surface area contributed by atoms with Crippen molar-refractivity contribution in [3.8, 4) is 0 Å². The number of nitrogens with zero attached hydrogens (tertiary/aromatic N) is 2. The van der Waals surface area contributed by atoms with Gasteiger partial charge in [0.15, 0.2) is 5.84 Å².